The van der Waals surface area contributed by atoms with Crippen LogP contribution in [0.4, 0.5) is 0 Å². The number of benzene rings is 1. The standard InChI is InChI=1S/C19H21N3O4S/c1-12(15-10-13(25-2)4-5-16(15)26-3)21-17(23)6-8-22-11-20-18-14(19(22)24)7-9-27-18/h4-5,7,9-12H,6,8H2,1-3H3,(H,21,23)/t12-/m1/s1. The molecule has 142 valence electrons. The summed E-state index contributed by atoms with van der Waals surface area (Å²) < 4.78 is 12.1. The fraction of sp³-hybridized carbons (Fsp3) is 0.316. The molecule has 1 aromatic carbocycles. The SMILES string of the molecule is COc1ccc(OC)c([C@@H](C)NC(=O)CCn2cnc3sccc3c2=O)c1. The Morgan fingerprint density at radius 3 is 2.85 bits per heavy atom. The van der Waals surface area contributed by atoms with E-state index in [9.17, 15) is 9.59 Å². The van der Waals surface area contributed by atoms with Crippen molar-refractivity contribution in [2.24, 2.45) is 0 Å². The quantitative estimate of drug-likeness (QED) is 0.674. The van der Waals surface area contributed by atoms with Gasteiger partial charge in [-0.3, -0.25) is 14.2 Å². The number of aryl methyl sites for hydroxylation is 1. The van der Waals surface area contributed by atoms with E-state index in [0.717, 1.165) is 5.56 Å². The number of carbonyl (C=O) groups is 1. The van der Waals surface area contributed by atoms with Crippen LogP contribution in [0.2, 0.25) is 0 Å². The second-order valence-electron chi connectivity index (χ2n) is 6.03. The summed E-state index contributed by atoms with van der Waals surface area (Å²) in [5.74, 6) is 1.20. The lowest BCUT2D eigenvalue weighted by atomic mass is 10.1. The van der Waals surface area contributed by atoms with Crippen LogP contribution in [0.5, 0.6) is 11.5 Å². The first kappa shape index (κ1) is 18.9. The van der Waals surface area contributed by atoms with Gasteiger partial charge in [-0.25, -0.2) is 4.98 Å². The van der Waals surface area contributed by atoms with Gasteiger partial charge in [0, 0.05) is 18.5 Å². The topological polar surface area (TPSA) is 82.4 Å². The maximum Gasteiger partial charge on any atom is 0.262 e. The molecule has 0 saturated carbocycles. The molecule has 2 aromatic heterocycles. The number of nitrogens with one attached hydrogen (secondary N) is 1. The molecule has 27 heavy (non-hydrogen) atoms. The van der Waals surface area contributed by atoms with Gasteiger partial charge in [0.05, 0.1) is 32.0 Å². The van der Waals surface area contributed by atoms with Gasteiger partial charge in [0.2, 0.25) is 5.91 Å². The van der Waals surface area contributed by atoms with Crippen LogP contribution in [-0.4, -0.2) is 29.7 Å². The molecule has 2 heterocycles. The number of fused-ring (bicyclic) bond motifs is 1. The predicted molar refractivity (Wildman–Crippen MR) is 105 cm³/mol. The first-order chi connectivity index (χ1) is 13.0. The number of hydrogen-bond acceptors (Lipinski definition) is 6. The lowest BCUT2D eigenvalue weighted by Crippen LogP contribution is -2.29. The van der Waals surface area contributed by atoms with Crippen LogP contribution >= 0.6 is 11.3 Å². The Morgan fingerprint density at radius 2 is 2.11 bits per heavy atom. The van der Waals surface area contributed by atoms with Crippen molar-refractivity contribution in [3.63, 3.8) is 0 Å². The van der Waals surface area contributed by atoms with Gasteiger partial charge in [-0.15, -0.1) is 11.3 Å². The minimum atomic E-state index is -0.267. The minimum absolute atomic E-state index is 0.128. The van der Waals surface area contributed by atoms with Crippen LogP contribution in [0.3, 0.4) is 0 Å². The lowest BCUT2D eigenvalue weighted by molar-refractivity contribution is -0.122. The Kier molecular flexibility index (Phi) is 5.75. The molecular weight excluding hydrogens is 366 g/mol. The van der Waals surface area contributed by atoms with Crippen LogP contribution in [0, 0.1) is 0 Å². The molecule has 1 amide bonds. The summed E-state index contributed by atoms with van der Waals surface area (Å²) in [6, 6.07) is 6.93. The Morgan fingerprint density at radius 1 is 1.30 bits per heavy atom. The summed E-state index contributed by atoms with van der Waals surface area (Å²) in [4.78, 5) is 29.7. The third-order valence-corrected chi connectivity index (χ3v) is 5.13. The molecule has 3 aromatic rings. The van der Waals surface area contributed by atoms with Crippen LogP contribution in [0.15, 0.2) is 40.8 Å². The largest absolute Gasteiger partial charge is 0.497 e. The van der Waals surface area contributed by atoms with Crippen molar-refractivity contribution in [2.75, 3.05) is 14.2 Å². The van der Waals surface area contributed by atoms with E-state index < -0.39 is 0 Å². The predicted octanol–water partition coefficient (Wildman–Crippen LogP) is 2.74. The molecule has 0 unspecified atom stereocenters. The average Bonchev–Trinajstić information content (AvgIpc) is 3.16. The van der Waals surface area contributed by atoms with Gasteiger partial charge in [0.1, 0.15) is 16.3 Å². The Labute approximate surface area is 160 Å². The summed E-state index contributed by atoms with van der Waals surface area (Å²) in [7, 11) is 3.17. The zero-order valence-corrected chi connectivity index (χ0v) is 16.2. The van der Waals surface area contributed by atoms with Crippen molar-refractivity contribution in [2.45, 2.75) is 25.9 Å². The van der Waals surface area contributed by atoms with Crippen molar-refractivity contribution in [3.05, 3.63) is 51.9 Å². The Hall–Kier alpha value is -2.87. The molecule has 0 saturated heterocycles. The van der Waals surface area contributed by atoms with Gasteiger partial charge < -0.3 is 14.8 Å². The highest BCUT2D eigenvalue weighted by molar-refractivity contribution is 7.16. The first-order valence-electron chi connectivity index (χ1n) is 8.47. The van der Waals surface area contributed by atoms with Crippen LogP contribution in [-0.2, 0) is 11.3 Å². The number of thiophene rings is 1. The van der Waals surface area contributed by atoms with Gasteiger partial charge in [-0.1, -0.05) is 0 Å². The molecule has 0 aliphatic carbocycles. The van der Waals surface area contributed by atoms with E-state index in [2.05, 4.69) is 10.3 Å². The van der Waals surface area contributed by atoms with E-state index in [4.69, 9.17) is 9.47 Å². The number of nitrogens with zero attached hydrogens (tertiary/aromatic N) is 2. The Balaban J connectivity index is 1.66. The maximum atomic E-state index is 12.4. The van der Waals surface area contributed by atoms with E-state index in [0.29, 0.717) is 21.7 Å². The second-order valence-corrected chi connectivity index (χ2v) is 6.92. The fourth-order valence-corrected chi connectivity index (χ4v) is 3.57. The second kappa shape index (κ2) is 8.22. The number of amides is 1. The zero-order valence-electron chi connectivity index (χ0n) is 15.4. The molecule has 0 aliphatic heterocycles. The van der Waals surface area contributed by atoms with E-state index in [1.807, 2.05) is 18.4 Å². The van der Waals surface area contributed by atoms with Crippen molar-refractivity contribution in [1.82, 2.24) is 14.9 Å². The summed E-state index contributed by atoms with van der Waals surface area (Å²) in [6.07, 6.45) is 1.66. The van der Waals surface area contributed by atoms with E-state index in [1.54, 1.807) is 32.4 Å². The molecule has 0 fully saturated rings. The highest BCUT2D eigenvalue weighted by atomic mass is 32.1. The molecule has 0 aliphatic rings. The van der Waals surface area contributed by atoms with E-state index >= 15 is 0 Å². The van der Waals surface area contributed by atoms with Gasteiger partial charge in [0.15, 0.2) is 0 Å². The molecule has 1 N–H and O–H groups in total. The third-order valence-electron chi connectivity index (χ3n) is 4.31. The van der Waals surface area contributed by atoms with Crippen LogP contribution in [0.25, 0.3) is 10.2 Å². The molecule has 0 bridgehead atoms. The van der Waals surface area contributed by atoms with Gasteiger partial charge >= 0.3 is 0 Å². The van der Waals surface area contributed by atoms with Gasteiger partial charge in [0.25, 0.3) is 5.56 Å². The van der Waals surface area contributed by atoms with Crippen molar-refractivity contribution in [3.8, 4) is 11.5 Å². The normalized spacial score (nSPS) is 12.0. The number of rotatable bonds is 7. The third kappa shape index (κ3) is 4.11. The van der Waals surface area contributed by atoms with E-state index in [1.165, 1.54) is 22.2 Å². The van der Waals surface area contributed by atoms with Gasteiger partial charge in [-0.2, -0.15) is 0 Å². The number of aromatic nitrogens is 2. The Bertz CT molecular complexity index is 1010. The highest BCUT2D eigenvalue weighted by Crippen LogP contribution is 2.29. The molecule has 3 rings (SSSR count). The first-order valence-corrected chi connectivity index (χ1v) is 9.35. The van der Waals surface area contributed by atoms with Gasteiger partial charge in [-0.05, 0) is 36.6 Å². The molecule has 0 radical (unpaired) electrons. The monoisotopic (exact) mass is 387 g/mol. The average molecular weight is 387 g/mol. The number of carbonyl (C=O) groups excluding carboxylic acids is 1. The summed E-state index contributed by atoms with van der Waals surface area (Å²) in [5, 5.41) is 5.35. The molecule has 7 nitrogen and oxygen atoms in total. The lowest BCUT2D eigenvalue weighted by Gasteiger charge is -2.18. The van der Waals surface area contributed by atoms with Crippen LogP contribution in [0.1, 0.15) is 24.9 Å². The number of ether oxygens (including phenoxy) is 2. The number of methoxy groups -OCH3 is 2. The highest BCUT2D eigenvalue weighted by Gasteiger charge is 2.15. The van der Waals surface area contributed by atoms with Crippen molar-refractivity contribution < 1.29 is 14.3 Å². The molecule has 0 spiro atoms. The van der Waals surface area contributed by atoms with Crippen molar-refractivity contribution in [1.29, 1.82) is 0 Å². The van der Waals surface area contributed by atoms with Crippen molar-refractivity contribution >= 4 is 27.5 Å². The smallest absolute Gasteiger partial charge is 0.262 e. The summed E-state index contributed by atoms with van der Waals surface area (Å²) in [5.41, 5.74) is 0.695. The molecular formula is C19H21N3O4S. The molecule has 1 atom stereocenters. The maximum absolute atomic E-state index is 12.4. The number of hydrogen-bond donors (Lipinski definition) is 1. The zero-order chi connectivity index (χ0) is 19.4. The summed E-state index contributed by atoms with van der Waals surface area (Å²) in [6.45, 7) is 2.14. The van der Waals surface area contributed by atoms with Crippen LogP contribution < -0.4 is 20.3 Å². The van der Waals surface area contributed by atoms with E-state index in [-0.39, 0.29) is 30.5 Å². The minimum Gasteiger partial charge on any atom is -0.497 e. The summed E-state index contributed by atoms with van der Waals surface area (Å²) >= 11 is 1.42. The fourth-order valence-electron chi connectivity index (χ4n) is 2.84. The molecule has 8 heteroatoms.